The van der Waals surface area contributed by atoms with Crippen LogP contribution in [0.5, 0.6) is 0 Å². The number of hydrogen-bond acceptors (Lipinski definition) is 4. The second-order valence-corrected chi connectivity index (χ2v) is 10.1. The molecule has 0 aromatic heterocycles. The summed E-state index contributed by atoms with van der Waals surface area (Å²) in [5.41, 5.74) is 2.65. The molecule has 1 fully saturated rings. The van der Waals surface area contributed by atoms with Crippen LogP contribution in [0.4, 0.5) is 17.1 Å². The second kappa shape index (κ2) is 8.70. The van der Waals surface area contributed by atoms with Crippen molar-refractivity contribution in [3.05, 3.63) is 51.6 Å². The summed E-state index contributed by atoms with van der Waals surface area (Å²) in [5.74, 6) is -0.393. The molecule has 2 aromatic rings. The number of hydrogen-bond donors (Lipinski definition) is 1. The first-order valence-corrected chi connectivity index (χ1v) is 12.0. The van der Waals surface area contributed by atoms with Crippen molar-refractivity contribution in [2.24, 2.45) is 0 Å². The van der Waals surface area contributed by atoms with Crippen LogP contribution in [-0.2, 0) is 19.6 Å². The highest BCUT2D eigenvalue weighted by molar-refractivity contribution is 14.1. The summed E-state index contributed by atoms with van der Waals surface area (Å²) in [6, 6.07) is 12.2. The van der Waals surface area contributed by atoms with Crippen molar-refractivity contribution in [1.29, 1.82) is 0 Å². The van der Waals surface area contributed by atoms with Gasteiger partial charge < -0.3 is 10.2 Å². The van der Waals surface area contributed by atoms with E-state index >= 15 is 0 Å². The van der Waals surface area contributed by atoms with Gasteiger partial charge >= 0.3 is 0 Å². The van der Waals surface area contributed by atoms with Gasteiger partial charge in [0.15, 0.2) is 0 Å². The number of carbonyl (C=O) groups is 2. The number of nitrogens with one attached hydrogen (secondary N) is 1. The Bertz CT molecular complexity index is 1040. The molecule has 1 N–H and O–H groups in total. The number of benzene rings is 2. The summed E-state index contributed by atoms with van der Waals surface area (Å²) in [6.07, 6.45) is 2.41. The number of rotatable bonds is 6. The summed E-state index contributed by atoms with van der Waals surface area (Å²) in [4.78, 5) is 26.4. The number of carbonyl (C=O) groups excluding carboxylic acids is 2. The topological polar surface area (TPSA) is 86.8 Å². The third kappa shape index (κ3) is 5.27. The number of halogens is 1. The Labute approximate surface area is 184 Å². The van der Waals surface area contributed by atoms with Crippen molar-refractivity contribution in [3.8, 4) is 0 Å². The highest BCUT2D eigenvalue weighted by Gasteiger charge is 2.24. The Morgan fingerprint density at radius 3 is 2.48 bits per heavy atom. The van der Waals surface area contributed by atoms with Gasteiger partial charge in [-0.1, -0.05) is 6.07 Å². The molecule has 0 atom stereocenters. The lowest BCUT2D eigenvalue weighted by atomic mass is 10.1. The Balaban J connectivity index is 1.78. The molecule has 154 valence electrons. The smallest absolute Gasteiger partial charge is 0.245 e. The van der Waals surface area contributed by atoms with Crippen molar-refractivity contribution in [2.45, 2.75) is 19.8 Å². The van der Waals surface area contributed by atoms with Crippen molar-refractivity contribution >= 4 is 61.5 Å². The molecule has 7 nitrogen and oxygen atoms in total. The van der Waals surface area contributed by atoms with Gasteiger partial charge in [-0.3, -0.25) is 13.9 Å². The minimum absolute atomic E-state index is 0.0681. The van der Waals surface area contributed by atoms with E-state index in [1.165, 1.54) is 0 Å². The van der Waals surface area contributed by atoms with E-state index in [0.717, 1.165) is 31.8 Å². The average Bonchev–Trinajstić information content (AvgIpc) is 3.07. The van der Waals surface area contributed by atoms with E-state index in [1.807, 2.05) is 13.0 Å². The quantitative estimate of drug-likeness (QED) is 0.586. The van der Waals surface area contributed by atoms with Crippen LogP contribution in [0.3, 0.4) is 0 Å². The monoisotopic (exact) mass is 527 g/mol. The van der Waals surface area contributed by atoms with E-state index < -0.39 is 15.9 Å². The molecule has 2 aromatic carbocycles. The van der Waals surface area contributed by atoms with E-state index in [1.54, 1.807) is 41.3 Å². The van der Waals surface area contributed by atoms with Crippen LogP contribution in [0, 0.1) is 10.5 Å². The molecule has 1 aliphatic rings. The van der Waals surface area contributed by atoms with Crippen molar-refractivity contribution < 1.29 is 18.0 Å². The van der Waals surface area contributed by atoms with E-state index in [-0.39, 0.29) is 12.5 Å². The number of sulfonamides is 1. The summed E-state index contributed by atoms with van der Waals surface area (Å²) < 4.78 is 26.5. The summed E-state index contributed by atoms with van der Waals surface area (Å²) in [6.45, 7) is 2.23. The fraction of sp³-hybridized carbons (Fsp3) is 0.300. The fourth-order valence-electron chi connectivity index (χ4n) is 3.22. The van der Waals surface area contributed by atoms with E-state index in [0.29, 0.717) is 24.3 Å². The maximum Gasteiger partial charge on any atom is 0.245 e. The zero-order valence-electron chi connectivity index (χ0n) is 16.2. The Morgan fingerprint density at radius 1 is 1.21 bits per heavy atom. The predicted octanol–water partition coefficient (Wildman–Crippen LogP) is 3.13. The normalized spacial score (nSPS) is 14.2. The van der Waals surface area contributed by atoms with Gasteiger partial charge in [0.05, 0.1) is 11.9 Å². The molecule has 1 aliphatic heterocycles. The Morgan fingerprint density at radius 2 is 1.90 bits per heavy atom. The fourth-order valence-corrected chi connectivity index (χ4v) is 4.44. The van der Waals surface area contributed by atoms with Crippen LogP contribution in [0.1, 0.15) is 18.4 Å². The molecule has 9 heteroatoms. The molecular formula is C20H22IN3O4S. The van der Waals surface area contributed by atoms with Crippen molar-refractivity contribution in [1.82, 2.24) is 0 Å². The third-order valence-electron chi connectivity index (χ3n) is 4.66. The summed E-state index contributed by atoms with van der Waals surface area (Å²) >= 11 is 2.13. The van der Waals surface area contributed by atoms with Gasteiger partial charge in [-0.05, 0) is 77.9 Å². The standard InChI is InChI=1S/C20H22IN3O4S/c1-14-5-8-16(12-18(14)23-11-3-4-20(23)26)22-19(25)13-24(29(2,27)28)17-9-6-15(21)7-10-17/h5-10,12H,3-4,11,13H2,1-2H3,(H,22,25). The van der Waals surface area contributed by atoms with E-state index in [4.69, 9.17) is 0 Å². The molecule has 0 aliphatic carbocycles. The molecule has 0 saturated carbocycles. The number of nitrogens with zero attached hydrogens (tertiary/aromatic N) is 2. The average molecular weight is 527 g/mol. The van der Waals surface area contributed by atoms with Crippen LogP contribution in [0.25, 0.3) is 0 Å². The zero-order valence-corrected chi connectivity index (χ0v) is 19.2. The SMILES string of the molecule is Cc1ccc(NC(=O)CN(c2ccc(I)cc2)S(C)(=O)=O)cc1N1CCCC1=O. The van der Waals surface area contributed by atoms with Gasteiger partial charge in [0.25, 0.3) is 0 Å². The van der Waals surface area contributed by atoms with Crippen LogP contribution >= 0.6 is 22.6 Å². The summed E-state index contributed by atoms with van der Waals surface area (Å²) in [7, 11) is -3.64. The van der Waals surface area contributed by atoms with E-state index in [2.05, 4.69) is 27.9 Å². The molecule has 1 saturated heterocycles. The maximum atomic E-state index is 12.6. The minimum atomic E-state index is -3.64. The van der Waals surface area contributed by atoms with E-state index in [9.17, 15) is 18.0 Å². The molecule has 2 amide bonds. The van der Waals surface area contributed by atoms with Gasteiger partial charge in [0, 0.05) is 27.9 Å². The van der Waals surface area contributed by atoms with Crippen LogP contribution in [-0.4, -0.2) is 39.6 Å². The first-order valence-electron chi connectivity index (χ1n) is 9.09. The number of anilines is 3. The molecule has 0 spiro atoms. The zero-order chi connectivity index (χ0) is 21.2. The lowest BCUT2D eigenvalue weighted by molar-refractivity contribution is -0.117. The first kappa shape index (κ1) is 21.6. The third-order valence-corrected chi connectivity index (χ3v) is 6.52. The lowest BCUT2D eigenvalue weighted by Crippen LogP contribution is -2.37. The molecule has 0 bridgehead atoms. The Kier molecular flexibility index (Phi) is 6.47. The van der Waals surface area contributed by atoms with Crippen LogP contribution < -0.4 is 14.5 Å². The van der Waals surface area contributed by atoms with Gasteiger partial charge in [0.1, 0.15) is 6.54 Å². The first-order chi connectivity index (χ1) is 13.6. The predicted molar refractivity (Wildman–Crippen MR) is 123 cm³/mol. The number of aryl methyl sites for hydroxylation is 1. The molecule has 3 rings (SSSR count). The highest BCUT2D eigenvalue weighted by Crippen LogP contribution is 2.28. The molecule has 0 unspecified atom stereocenters. The molecule has 0 radical (unpaired) electrons. The van der Waals surface area contributed by atoms with Gasteiger partial charge in [-0.25, -0.2) is 8.42 Å². The molecule has 1 heterocycles. The lowest BCUT2D eigenvalue weighted by Gasteiger charge is -2.22. The second-order valence-electron chi connectivity index (χ2n) is 6.94. The number of amides is 2. The minimum Gasteiger partial charge on any atom is -0.324 e. The van der Waals surface area contributed by atoms with Crippen LogP contribution in [0.15, 0.2) is 42.5 Å². The van der Waals surface area contributed by atoms with Gasteiger partial charge in [-0.15, -0.1) is 0 Å². The molecule has 29 heavy (non-hydrogen) atoms. The van der Waals surface area contributed by atoms with Crippen molar-refractivity contribution in [2.75, 3.05) is 33.9 Å². The van der Waals surface area contributed by atoms with Crippen LogP contribution in [0.2, 0.25) is 0 Å². The van der Waals surface area contributed by atoms with Crippen molar-refractivity contribution in [3.63, 3.8) is 0 Å². The van der Waals surface area contributed by atoms with Gasteiger partial charge in [0.2, 0.25) is 21.8 Å². The molecular weight excluding hydrogens is 505 g/mol. The van der Waals surface area contributed by atoms with Gasteiger partial charge in [-0.2, -0.15) is 0 Å². The maximum absolute atomic E-state index is 12.6. The Hall–Kier alpha value is -2.14. The summed E-state index contributed by atoms with van der Waals surface area (Å²) in [5, 5.41) is 2.75. The highest BCUT2D eigenvalue weighted by atomic mass is 127. The largest absolute Gasteiger partial charge is 0.324 e.